The molecule has 3 rings (SSSR count). The van der Waals surface area contributed by atoms with Gasteiger partial charge in [-0.25, -0.2) is 0 Å². The number of nitrogens with zero attached hydrogens (tertiary/aromatic N) is 3. The van der Waals surface area contributed by atoms with Crippen LogP contribution in [0.25, 0.3) is 0 Å². The Morgan fingerprint density at radius 2 is 2.10 bits per heavy atom. The van der Waals surface area contributed by atoms with Gasteiger partial charge in [0.15, 0.2) is 0 Å². The van der Waals surface area contributed by atoms with Gasteiger partial charge >= 0.3 is 0 Å². The maximum atomic E-state index is 4.15. The number of aromatic nitrogens is 2. The Hall–Kier alpha value is -1.46. The molecular weight excluding hydrogens is 268 g/mol. The molecule has 2 unspecified atom stereocenters. The van der Waals surface area contributed by atoms with Crippen LogP contribution in [0.2, 0.25) is 0 Å². The Kier molecular flexibility index (Phi) is 3.98. The van der Waals surface area contributed by atoms with Gasteiger partial charge in [-0.05, 0) is 25.8 Å². The van der Waals surface area contributed by atoms with E-state index < -0.39 is 0 Å². The number of hydrogen-bond acceptors (Lipinski definition) is 5. The molecular formula is C15H20N4S. The van der Waals surface area contributed by atoms with E-state index in [0.717, 1.165) is 29.6 Å². The van der Waals surface area contributed by atoms with E-state index in [9.17, 15) is 0 Å². The van der Waals surface area contributed by atoms with Gasteiger partial charge in [0.2, 0.25) is 5.13 Å². The van der Waals surface area contributed by atoms with Gasteiger partial charge in [0.1, 0.15) is 5.01 Å². The van der Waals surface area contributed by atoms with Gasteiger partial charge in [0.25, 0.3) is 0 Å². The first kappa shape index (κ1) is 13.5. The average Bonchev–Trinajstić information content (AvgIpc) is 2.98. The molecule has 1 saturated heterocycles. The molecule has 0 aliphatic carbocycles. The number of benzene rings is 1. The predicted molar refractivity (Wildman–Crippen MR) is 83.0 cm³/mol. The molecule has 106 valence electrons. The first-order valence-electron chi connectivity index (χ1n) is 7.05. The van der Waals surface area contributed by atoms with Crippen molar-refractivity contribution >= 4 is 16.5 Å². The highest BCUT2D eigenvalue weighted by Gasteiger charge is 2.29. The minimum Gasteiger partial charge on any atom is -0.356 e. The van der Waals surface area contributed by atoms with Crippen LogP contribution in [0.15, 0.2) is 30.3 Å². The van der Waals surface area contributed by atoms with Crippen LogP contribution < -0.4 is 5.32 Å². The van der Waals surface area contributed by atoms with E-state index in [1.165, 1.54) is 5.56 Å². The van der Waals surface area contributed by atoms with E-state index in [0.29, 0.717) is 12.1 Å². The quantitative estimate of drug-likeness (QED) is 0.939. The molecule has 2 heterocycles. The van der Waals surface area contributed by atoms with Crippen LogP contribution in [0, 0.1) is 6.92 Å². The number of nitrogens with one attached hydrogen (secondary N) is 1. The minimum absolute atomic E-state index is 0.473. The zero-order valence-corrected chi connectivity index (χ0v) is 12.7. The highest BCUT2D eigenvalue weighted by Crippen LogP contribution is 2.24. The molecule has 0 radical (unpaired) electrons. The third-order valence-corrected chi connectivity index (χ3v) is 4.56. The number of aryl methyl sites for hydroxylation is 1. The lowest BCUT2D eigenvalue weighted by molar-refractivity contribution is 0.259. The van der Waals surface area contributed by atoms with Crippen LogP contribution in [-0.2, 0) is 6.54 Å². The first-order valence-corrected chi connectivity index (χ1v) is 7.87. The fraction of sp³-hybridized carbons (Fsp3) is 0.467. The van der Waals surface area contributed by atoms with Gasteiger partial charge in [0, 0.05) is 25.2 Å². The third-order valence-electron chi connectivity index (χ3n) is 3.79. The zero-order valence-electron chi connectivity index (χ0n) is 11.9. The summed E-state index contributed by atoms with van der Waals surface area (Å²) in [5.74, 6) is 0. The van der Waals surface area contributed by atoms with Gasteiger partial charge < -0.3 is 5.32 Å². The van der Waals surface area contributed by atoms with E-state index in [2.05, 4.69) is 57.7 Å². The normalized spacial score (nSPS) is 23.1. The molecule has 0 amide bonds. The van der Waals surface area contributed by atoms with Crippen LogP contribution in [0.4, 0.5) is 5.13 Å². The maximum Gasteiger partial charge on any atom is 0.205 e. The van der Waals surface area contributed by atoms with Crippen molar-refractivity contribution in [3.8, 4) is 0 Å². The number of rotatable bonds is 4. The average molecular weight is 288 g/mol. The molecule has 0 bridgehead atoms. The van der Waals surface area contributed by atoms with Crippen molar-refractivity contribution in [1.29, 1.82) is 0 Å². The van der Waals surface area contributed by atoms with Gasteiger partial charge in [-0.15, -0.1) is 10.2 Å². The summed E-state index contributed by atoms with van der Waals surface area (Å²) in [6, 6.07) is 11.7. The Bertz CT molecular complexity index is 554. The van der Waals surface area contributed by atoms with Crippen molar-refractivity contribution in [1.82, 2.24) is 15.1 Å². The lowest BCUT2D eigenvalue weighted by atomic mass is 10.2. The third kappa shape index (κ3) is 3.16. The predicted octanol–water partition coefficient (Wildman–Crippen LogP) is 2.92. The summed E-state index contributed by atoms with van der Waals surface area (Å²) in [5.41, 5.74) is 1.38. The summed E-state index contributed by atoms with van der Waals surface area (Å²) < 4.78 is 0. The van der Waals surface area contributed by atoms with Crippen molar-refractivity contribution in [3.05, 3.63) is 40.9 Å². The summed E-state index contributed by atoms with van der Waals surface area (Å²) in [4.78, 5) is 2.53. The molecule has 4 nitrogen and oxygen atoms in total. The molecule has 20 heavy (non-hydrogen) atoms. The van der Waals surface area contributed by atoms with Crippen molar-refractivity contribution in [2.75, 3.05) is 11.9 Å². The van der Waals surface area contributed by atoms with Gasteiger partial charge in [-0.3, -0.25) is 4.90 Å². The van der Waals surface area contributed by atoms with E-state index >= 15 is 0 Å². The highest BCUT2D eigenvalue weighted by molar-refractivity contribution is 7.15. The molecule has 1 N–H and O–H groups in total. The van der Waals surface area contributed by atoms with Crippen LogP contribution >= 0.6 is 11.3 Å². The Labute approximate surface area is 123 Å². The second kappa shape index (κ2) is 5.89. The maximum absolute atomic E-state index is 4.15. The van der Waals surface area contributed by atoms with Crippen molar-refractivity contribution < 1.29 is 0 Å². The Morgan fingerprint density at radius 3 is 2.80 bits per heavy atom. The lowest BCUT2D eigenvalue weighted by Crippen LogP contribution is -2.28. The summed E-state index contributed by atoms with van der Waals surface area (Å²) in [5, 5.41) is 13.7. The van der Waals surface area contributed by atoms with Crippen LogP contribution in [0.3, 0.4) is 0 Å². The largest absolute Gasteiger partial charge is 0.356 e. The fourth-order valence-corrected chi connectivity index (χ4v) is 3.44. The second-order valence-corrected chi connectivity index (χ2v) is 6.65. The molecule has 0 spiro atoms. The second-order valence-electron chi connectivity index (χ2n) is 5.47. The molecule has 1 fully saturated rings. The molecule has 5 heteroatoms. The Balaban J connectivity index is 1.59. The fourth-order valence-electron chi connectivity index (χ4n) is 2.77. The summed E-state index contributed by atoms with van der Waals surface area (Å²) in [7, 11) is 0. The Morgan fingerprint density at radius 1 is 1.30 bits per heavy atom. The number of hydrogen-bond donors (Lipinski definition) is 1. The highest BCUT2D eigenvalue weighted by atomic mass is 32.1. The monoisotopic (exact) mass is 288 g/mol. The van der Waals surface area contributed by atoms with Crippen molar-refractivity contribution in [3.63, 3.8) is 0 Å². The van der Waals surface area contributed by atoms with E-state index in [-0.39, 0.29) is 0 Å². The molecule has 1 aliphatic rings. The molecule has 1 aliphatic heterocycles. The standard InChI is InChI=1S/C15H20N4S/c1-11-8-14(16-15-18-17-12(2)20-15)10-19(11)9-13-6-4-3-5-7-13/h3-7,11,14H,8-10H2,1-2H3,(H,16,18). The van der Waals surface area contributed by atoms with Crippen molar-refractivity contribution in [2.45, 2.75) is 38.9 Å². The molecule has 2 atom stereocenters. The summed E-state index contributed by atoms with van der Waals surface area (Å²) >= 11 is 1.63. The smallest absolute Gasteiger partial charge is 0.205 e. The molecule has 2 aromatic rings. The molecule has 1 aromatic heterocycles. The lowest BCUT2D eigenvalue weighted by Gasteiger charge is -2.20. The van der Waals surface area contributed by atoms with E-state index in [4.69, 9.17) is 0 Å². The summed E-state index contributed by atoms with van der Waals surface area (Å²) in [6.07, 6.45) is 1.16. The zero-order chi connectivity index (χ0) is 13.9. The van der Waals surface area contributed by atoms with Gasteiger partial charge in [0.05, 0.1) is 0 Å². The number of anilines is 1. The van der Waals surface area contributed by atoms with Gasteiger partial charge in [-0.2, -0.15) is 0 Å². The van der Waals surface area contributed by atoms with Crippen LogP contribution in [0.1, 0.15) is 23.9 Å². The van der Waals surface area contributed by atoms with Gasteiger partial charge in [-0.1, -0.05) is 41.7 Å². The first-order chi connectivity index (χ1) is 9.70. The summed E-state index contributed by atoms with van der Waals surface area (Å²) in [6.45, 7) is 6.38. The van der Waals surface area contributed by atoms with E-state index in [1.54, 1.807) is 11.3 Å². The molecule has 1 aromatic carbocycles. The van der Waals surface area contributed by atoms with Crippen LogP contribution in [0.5, 0.6) is 0 Å². The SMILES string of the molecule is Cc1nnc(NC2CC(C)N(Cc3ccccc3)C2)s1. The number of likely N-dealkylation sites (tertiary alicyclic amines) is 1. The molecule has 0 saturated carbocycles. The van der Waals surface area contributed by atoms with Crippen molar-refractivity contribution in [2.24, 2.45) is 0 Å². The van der Waals surface area contributed by atoms with E-state index in [1.807, 2.05) is 6.92 Å². The van der Waals surface area contributed by atoms with Crippen LogP contribution in [-0.4, -0.2) is 33.7 Å². The minimum atomic E-state index is 0.473. The topological polar surface area (TPSA) is 41.1 Å².